The van der Waals surface area contributed by atoms with Crippen LogP contribution in [0, 0.1) is 6.20 Å². The maximum absolute atomic E-state index is 11.6. The number of ether oxygens (including phenoxy) is 1. The Labute approximate surface area is 70.3 Å². The van der Waals surface area contributed by atoms with Gasteiger partial charge in [-0.1, -0.05) is 0 Å². The molecular formula is C6H3BrF2NO. The molecule has 5 heteroatoms. The molecule has 0 N–H and O–H groups in total. The third-order valence-corrected chi connectivity index (χ3v) is 1.28. The van der Waals surface area contributed by atoms with Crippen molar-refractivity contribution in [2.24, 2.45) is 0 Å². The van der Waals surface area contributed by atoms with Gasteiger partial charge in [0.15, 0.2) is 5.75 Å². The first-order chi connectivity index (χ1) is 5.18. The third-order valence-electron chi connectivity index (χ3n) is 0.848. The van der Waals surface area contributed by atoms with E-state index in [1.165, 1.54) is 12.3 Å². The van der Waals surface area contributed by atoms with Crippen molar-refractivity contribution >= 4 is 15.9 Å². The summed E-state index contributed by atoms with van der Waals surface area (Å²) in [5.41, 5.74) is 0. The van der Waals surface area contributed by atoms with E-state index in [0.29, 0.717) is 4.47 Å². The number of pyridine rings is 1. The van der Waals surface area contributed by atoms with E-state index >= 15 is 0 Å². The van der Waals surface area contributed by atoms with E-state index in [1.807, 2.05) is 0 Å². The second-order valence-electron chi connectivity index (χ2n) is 1.64. The summed E-state index contributed by atoms with van der Waals surface area (Å²) in [4.78, 5) is 3.51. The molecule has 11 heavy (non-hydrogen) atoms. The lowest BCUT2D eigenvalue weighted by molar-refractivity contribution is -0.0503. The van der Waals surface area contributed by atoms with Gasteiger partial charge in [0.25, 0.3) is 0 Å². The minimum Gasteiger partial charge on any atom is -0.432 e. The average Bonchev–Trinajstić information content (AvgIpc) is 1.85. The number of alkyl halides is 2. The first-order valence-corrected chi connectivity index (χ1v) is 3.46. The van der Waals surface area contributed by atoms with E-state index in [4.69, 9.17) is 0 Å². The molecule has 0 saturated heterocycles. The standard InChI is InChI=1S/C6H3BrF2NO/c7-4-1-5(3-10-2-4)11-6(8)9/h1-2,6H. The predicted octanol–water partition coefficient (Wildman–Crippen LogP) is 2.25. The summed E-state index contributed by atoms with van der Waals surface area (Å²) in [6.07, 6.45) is 3.69. The molecule has 1 heterocycles. The van der Waals surface area contributed by atoms with Crippen LogP contribution >= 0.6 is 15.9 Å². The fraction of sp³-hybridized carbons (Fsp3) is 0.167. The Morgan fingerprint density at radius 2 is 2.36 bits per heavy atom. The van der Waals surface area contributed by atoms with Crippen LogP contribution in [-0.4, -0.2) is 11.6 Å². The van der Waals surface area contributed by atoms with Crippen LogP contribution in [0.1, 0.15) is 0 Å². The minimum atomic E-state index is -2.83. The van der Waals surface area contributed by atoms with Crippen molar-refractivity contribution in [2.75, 3.05) is 0 Å². The molecule has 0 saturated carbocycles. The van der Waals surface area contributed by atoms with Crippen LogP contribution in [0.3, 0.4) is 0 Å². The summed E-state index contributed by atoms with van der Waals surface area (Å²) < 4.78 is 27.7. The van der Waals surface area contributed by atoms with Crippen LogP contribution in [0.2, 0.25) is 0 Å². The molecule has 0 amide bonds. The predicted molar refractivity (Wildman–Crippen MR) is 37.4 cm³/mol. The summed E-state index contributed by atoms with van der Waals surface area (Å²) in [6, 6.07) is 1.36. The molecule has 0 atom stereocenters. The molecule has 1 aromatic heterocycles. The van der Waals surface area contributed by atoms with Gasteiger partial charge in [-0.25, -0.2) is 4.98 Å². The summed E-state index contributed by atoms with van der Waals surface area (Å²) in [5.74, 6) is -0.0747. The molecule has 1 radical (unpaired) electrons. The Balaban J connectivity index is 2.71. The van der Waals surface area contributed by atoms with E-state index in [2.05, 4.69) is 31.8 Å². The highest BCUT2D eigenvalue weighted by molar-refractivity contribution is 9.10. The zero-order valence-electron chi connectivity index (χ0n) is 5.22. The second-order valence-corrected chi connectivity index (χ2v) is 2.56. The lowest BCUT2D eigenvalue weighted by atomic mass is 10.5. The van der Waals surface area contributed by atoms with Gasteiger partial charge >= 0.3 is 6.61 Å². The van der Waals surface area contributed by atoms with Crippen molar-refractivity contribution in [1.82, 2.24) is 4.98 Å². The largest absolute Gasteiger partial charge is 0.432 e. The molecule has 1 rings (SSSR count). The monoisotopic (exact) mass is 222 g/mol. The van der Waals surface area contributed by atoms with E-state index < -0.39 is 6.61 Å². The summed E-state index contributed by atoms with van der Waals surface area (Å²) >= 11 is 3.04. The molecule has 0 aromatic carbocycles. The number of aromatic nitrogens is 1. The van der Waals surface area contributed by atoms with Crippen molar-refractivity contribution in [3.63, 3.8) is 0 Å². The fourth-order valence-corrected chi connectivity index (χ4v) is 0.819. The number of rotatable bonds is 2. The molecule has 0 bridgehead atoms. The SMILES string of the molecule is FC(F)Oc1[c]ncc(Br)c1. The fourth-order valence-electron chi connectivity index (χ4n) is 0.509. The Kier molecular flexibility index (Phi) is 2.76. The summed E-state index contributed by atoms with van der Waals surface area (Å²) in [7, 11) is 0. The van der Waals surface area contributed by atoms with E-state index in [1.54, 1.807) is 0 Å². The van der Waals surface area contributed by atoms with E-state index in [9.17, 15) is 8.78 Å². The highest BCUT2D eigenvalue weighted by Crippen LogP contribution is 2.16. The maximum atomic E-state index is 11.6. The average molecular weight is 223 g/mol. The zero-order chi connectivity index (χ0) is 8.27. The van der Waals surface area contributed by atoms with Crippen LogP contribution in [0.25, 0.3) is 0 Å². The van der Waals surface area contributed by atoms with Crippen LogP contribution in [-0.2, 0) is 0 Å². The van der Waals surface area contributed by atoms with E-state index in [-0.39, 0.29) is 5.75 Å². The van der Waals surface area contributed by atoms with Crippen LogP contribution < -0.4 is 4.74 Å². The van der Waals surface area contributed by atoms with Gasteiger partial charge in [0.2, 0.25) is 0 Å². The Hall–Kier alpha value is -0.710. The number of nitrogens with zero attached hydrogens (tertiary/aromatic N) is 1. The Bertz CT molecular complexity index is 244. The number of hydrogen-bond donors (Lipinski definition) is 0. The van der Waals surface area contributed by atoms with Gasteiger partial charge in [-0.15, -0.1) is 0 Å². The molecule has 2 nitrogen and oxygen atoms in total. The zero-order valence-corrected chi connectivity index (χ0v) is 6.81. The van der Waals surface area contributed by atoms with Crippen LogP contribution in [0.4, 0.5) is 8.78 Å². The molecule has 59 valence electrons. The lowest BCUT2D eigenvalue weighted by Gasteiger charge is -2.01. The van der Waals surface area contributed by atoms with Crippen molar-refractivity contribution in [3.05, 3.63) is 22.9 Å². The maximum Gasteiger partial charge on any atom is 0.387 e. The van der Waals surface area contributed by atoms with Crippen LogP contribution in [0.15, 0.2) is 16.7 Å². The van der Waals surface area contributed by atoms with Gasteiger partial charge < -0.3 is 4.74 Å². The minimum absolute atomic E-state index is 0.0747. The van der Waals surface area contributed by atoms with Gasteiger partial charge in [-0.3, -0.25) is 0 Å². The molecule has 0 unspecified atom stereocenters. The van der Waals surface area contributed by atoms with Gasteiger partial charge in [-0.2, -0.15) is 8.78 Å². The first kappa shape index (κ1) is 8.39. The Morgan fingerprint density at radius 1 is 1.64 bits per heavy atom. The highest BCUT2D eigenvalue weighted by atomic mass is 79.9. The lowest BCUT2D eigenvalue weighted by Crippen LogP contribution is -2.01. The summed E-state index contributed by atoms with van der Waals surface area (Å²) in [6.45, 7) is -2.83. The van der Waals surface area contributed by atoms with Gasteiger partial charge in [0.1, 0.15) is 6.20 Å². The van der Waals surface area contributed by atoms with E-state index in [0.717, 1.165) is 0 Å². The summed E-state index contributed by atoms with van der Waals surface area (Å²) in [5, 5.41) is 0. The van der Waals surface area contributed by atoms with Crippen molar-refractivity contribution < 1.29 is 13.5 Å². The number of halogens is 3. The topological polar surface area (TPSA) is 22.1 Å². The van der Waals surface area contributed by atoms with Crippen molar-refractivity contribution in [1.29, 1.82) is 0 Å². The molecule has 0 aliphatic rings. The number of hydrogen-bond acceptors (Lipinski definition) is 2. The third kappa shape index (κ3) is 2.80. The first-order valence-electron chi connectivity index (χ1n) is 2.66. The molecule has 0 spiro atoms. The van der Waals surface area contributed by atoms with Gasteiger partial charge in [-0.05, 0) is 22.0 Å². The van der Waals surface area contributed by atoms with Crippen LogP contribution in [0.5, 0.6) is 5.75 Å². The van der Waals surface area contributed by atoms with Crippen molar-refractivity contribution in [3.8, 4) is 5.75 Å². The second kappa shape index (κ2) is 3.61. The molecule has 0 aliphatic heterocycles. The molecule has 0 aliphatic carbocycles. The van der Waals surface area contributed by atoms with Crippen molar-refractivity contribution in [2.45, 2.75) is 6.61 Å². The molecule has 1 aromatic rings. The Morgan fingerprint density at radius 3 is 2.91 bits per heavy atom. The van der Waals surface area contributed by atoms with Gasteiger partial charge in [0, 0.05) is 10.7 Å². The molecular weight excluding hydrogens is 220 g/mol. The quantitative estimate of drug-likeness (QED) is 0.766. The highest BCUT2D eigenvalue weighted by Gasteiger charge is 2.04. The smallest absolute Gasteiger partial charge is 0.387 e. The van der Waals surface area contributed by atoms with Gasteiger partial charge in [0.05, 0.1) is 0 Å². The normalized spacial score (nSPS) is 10.2. The molecule has 0 fully saturated rings.